The van der Waals surface area contributed by atoms with E-state index in [9.17, 15) is 0 Å². The van der Waals surface area contributed by atoms with E-state index in [-0.39, 0.29) is 0 Å². The smallest absolute Gasteiger partial charge is 0.0618 e. The highest BCUT2D eigenvalue weighted by atomic mass is 127. The third-order valence-electron chi connectivity index (χ3n) is 0.211. The van der Waals surface area contributed by atoms with Gasteiger partial charge in [0.1, 0.15) is 0 Å². The molecule has 0 aromatic rings. The summed E-state index contributed by atoms with van der Waals surface area (Å²) in [4.78, 5) is 0. The third kappa shape index (κ3) is 30.8. The molecular formula is C7H9IS. The van der Waals surface area contributed by atoms with Gasteiger partial charge in [-0.25, -0.2) is 0 Å². The summed E-state index contributed by atoms with van der Waals surface area (Å²) in [7, 11) is 0. The highest BCUT2D eigenvalue weighted by molar-refractivity contribution is 14.1. The Morgan fingerprint density at radius 3 is 2.78 bits per heavy atom. The lowest BCUT2D eigenvalue weighted by atomic mass is 10.8. The molecule has 0 aliphatic carbocycles. The Morgan fingerprint density at radius 2 is 2.44 bits per heavy atom. The van der Waals surface area contributed by atoms with E-state index >= 15 is 0 Å². The quantitative estimate of drug-likeness (QED) is 0.363. The summed E-state index contributed by atoms with van der Waals surface area (Å²) in [6.07, 6.45) is 4.95. The van der Waals surface area contributed by atoms with Crippen LogP contribution in [0.15, 0.2) is 0 Å². The van der Waals surface area contributed by atoms with Crippen molar-refractivity contribution in [1.82, 2.24) is 0 Å². The molecule has 0 rings (SSSR count). The standard InChI is InChI=1S/C4H5IS.C3H4/c1-6-4-2-3-5;1-3-2/h3H2,1H3;1H,2H3/i1T;. The van der Waals surface area contributed by atoms with E-state index in [0.29, 0.717) is 6.23 Å². The summed E-state index contributed by atoms with van der Waals surface area (Å²) in [6, 6.07) is 0. The van der Waals surface area contributed by atoms with E-state index in [4.69, 9.17) is 1.37 Å². The summed E-state index contributed by atoms with van der Waals surface area (Å²) in [5.74, 6) is 5.08. The van der Waals surface area contributed by atoms with Crippen molar-refractivity contribution in [3.63, 3.8) is 0 Å². The molecule has 0 fully saturated rings. The number of halogens is 1. The molecule has 0 unspecified atom stereocenters. The molecule has 0 heterocycles. The number of rotatable bonds is 0. The molecule has 0 saturated carbocycles. The molecule has 2 heteroatoms. The average Bonchev–Trinajstić information content (AvgIpc) is 1.91. The van der Waals surface area contributed by atoms with Crippen molar-refractivity contribution in [3.05, 3.63) is 0 Å². The number of hydrogen-bond donors (Lipinski definition) is 0. The van der Waals surface area contributed by atoms with Gasteiger partial charge in [0.15, 0.2) is 0 Å². The van der Waals surface area contributed by atoms with Crippen LogP contribution in [-0.4, -0.2) is 10.7 Å². The van der Waals surface area contributed by atoms with Crippen LogP contribution in [0.1, 0.15) is 8.29 Å². The monoisotopic (exact) mass is 254 g/mol. The highest BCUT2D eigenvalue weighted by Crippen LogP contribution is 1.84. The minimum Gasteiger partial charge on any atom is -0.120 e. The molecule has 0 amide bonds. The van der Waals surface area contributed by atoms with Crippen LogP contribution in [0.5, 0.6) is 0 Å². The fourth-order valence-corrected chi connectivity index (χ4v) is 0.702. The van der Waals surface area contributed by atoms with Gasteiger partial charge < -0.3 is 0 Å². The maximum absolute atomic E-state index is 6.64. The second-order valence-electron chi connectivity index (χ2n) is 0.845. The molecule has 0 aromatic carbocycles. The first kappa shape index (κ1) is 9.20. The molecule has 9 heavy (non-hydrogen) atoms. The molecular weight excluding hydrogens is 243 g/mol. The maximum Gasteiger partial charge on any atom is 0.0618 e. The van der Waals surface area contributed by atoms with E-state index in [1.165, 1.54) is 11.8 Å². The van der Waals surface area contributed by atoms with Gasteiger partial charge in [-0.1, -0.05) is 40.3 Å². The molecule has 0 aromatic heterocycles. The molecule has 0 spiro atoms. The minimum absolute atomic E-state index is 0.351. The summed E-state index contributed by atoms with van der Waals surface area (Å²) in [6.45, 7) is 1.65. The van der Waals surface area contributed by atoms with Crippen LogP contribution in [-0.2, 0) is 0 Å². The van der Waals surface area contributed by atoms with Crippen molar-refractivity contribution in [2.45, 2.75) is 6.92 Å². The molecule has 0 nitrogen and oxygen atoms in total. The van der Waals surface area contributed by atoms with Crippen LogP contribution in [0.2, 0.25) is 0 Å². The van der Waals surface area contributed by atoms with Crippen LogP contribution in [0.4, 0.5) is 0 Å². The zero-order valence-corrected chi connectivity index (χ0v) is 8.25. The van der Waals surface area contributed by atoms with Crippen LogP contribution >= 0.6 is 34.4 Å². The predicted octanol–water partition coefficient (Wildman–Crippen LogP) is 2.38. The first-order valence-corrected chi connectivity index (χ1v) is 4.66. The van der Waals surface area contributed by atoms with Gasteiger partial charge in [0, 0.05) is 1.37 Å². The highest BCUT2D eigenvalue weighted by Gasteiger charge is 1.57. The summed E-state index contributed by atoms with van der Waals surface area (Å²) in [5.41, 5.74) is 0. The van der Waals surface area contributed by atoms with Gasteiger partial charge in [-0.2, -0.15) is 0 Å². The van der Waals surface area contributed by atoms with Crippen molar-refractivity contribution in [2.75, 3.05) is 10.7 Å². The van der Waals surface area contributed by atoms with Gasteiger partial charge in [-0.05, 0) is 18.4 Å². The number of alkyl halides is 1. The van der Waals surface area contributed by atoms with Gasteiger partial charge >= 0.3 is 0 Å². The zero-order chi connectivity index (χ0) is 8.24. The third-order valence-corrected chi connectivity index (χ3v) is 0.881. The number of hydrogen-bond acceptors (Lipinski definition) is 1. The zero-order valence-electron chi connectivity index (χ0n) is 6.28. The largest absolute Gasteiger partial charge is 0.120 e. The molecule has 0 atom stereocenters. The van der Waals surface area contributed by atoms with Crippen molar-refractivity contribution >= 4 is 34.4 Å². The molecule has 0 N–H and O–H groups in total. The van der Waals surface area contributed by atoms with E-state index < -0.39 is 0 Å². The lowest BCUT2D eigenvalue weighted by Crippen LogP contribution is -1.52. The Morgan fingerprint density at radius 1 is 1.89 bits per heavy atom. The SMILES string of the molecule is C#CC.[3H]CSC#CCI. The molecule has 0 saturated heterocycles. The van der Waals surface area contributed by atoms with E-state index in [1.807, 2.05) is 0 Å². The summed E-state index contributed by atoms with van der Waals surface area (Å²) < 4.78 is 7.50. The maximum atomic E-state index is 6.64. The number of terminal acetylenes is 1. The summed E-state index contributed by atoms with van der Waals surface area (Å²) in [5, 5.41) is 2.76. The van der Waals surface area contributed by atoms with Gasteiger partial charge in [-0.15, -0.1) is 12.3 Å². The second-order valence-corrected chi connectivity index (χ2v) is 2.10. The Kier molecular flexibility index (Phi) is 16.1. The van der Waals surface area contributed by atoms with Gasteiger partial charge in [-0.3, -0.25) is 0 Å². The van der Waals surface area contributed by atoms with Crippen molar-refractivity contribution in [2.24, 2.45) is 0 Å². The van der Waals surface area contributed by atoms with Crippen molar-refractivity contribution < 1.29 is 1.37 Å². The fourth-order valence-electron chi connectivity index (χ4n) is 0.0783. The molecule has 0 radical (unpaired) electrons. The van der Waals surface area contributed by atoms with Gasteiger partial charge in [0.2, 0.25) is 0 Å². The first-order valence-electron chi connectivity index (χ1n) is 2.86. The van der Waals surface area contributed by atoms with Crippen LogP contribution in [0, 0.1) is 23.5 Å². The van der Waals surface area contributed by atoms with Crippen LogP contribution in [0.3, 0.4) is 0 Å². The Balaban J connectivity index is 0. The Hall–Kier alpha value is 0.200. The molecule has 0 bridgehead atoms. The topological polar surface area (TPSA) is 0 Å². The predicted molar refractivity (Wildman–Crippen MR) is 54.7 cm³/mol. The Labute approximate surface area is 76.7 Å². The first-order chi connectivity index (χ1) is 4.83. The fraction of sp³-hybridized carbons (Fsp3) is 0.429. The van der Waals surface area contributed by atoms with E-state index in [0.717, 1.165) is 4.43 Å². The van der Waals surface area contributed by atoms with Crippen molar-refractivity contribution in [1.29, 1.82) is 0 Å². The van der Waals surface area contributed by atoms with Crippen LogP contribution in [0.25, 0.3) is 0 Å². The number of thioether (sulfide) groups is 1. The average molecular weight is 254 g/mol. The van der Waals surface area contributed by atoms with E-state index in [1.54, 1.807) is 6.92 Å². The normalized spacial score (nSPS) is 6.56. The summed E-state index contributed by atoms with van der Waals surface area (Å²) >= 11 is 3.51. The van der Waals surface area contributed by atoms with E-state index in [2.05, 4.69) is 46.1 Å². The molecule has 0 aliphatic rings. The van der Waals surface area contributed by atoms with Crippen LogP contribution < -0.4 is 0 Å². The van der Waals surface area contributed by atoms with Gasteiger partial charge in [0.05, 0.1) is 4.43 Å². The second kappa shape index (κ2) is 15.7. The van der Waals surface area contributed by atoms with Gasteiger partial charge in [0.25, 0.3) is 0 Å². The van der Waals surface area contributed by atoms with Crippen molar-refractivity contribution in [3.8, 4) is 23.5 Å². The molecule has 50 valence electrons. The molecule has 0 aliphatic heterocycles. The lowest BCUT2D eigenvalue weighted by Gasteiger charge is -1.64. The minimum atomic E-state index is 0.351. The lowest BCUT2D eigenvalue weighted by molar-refractivity contribution is 1.94. The Bertz CT molecular complexity index is 140.